The molecule has 1 aromatic carbocycles. The Hall–Kier alpha value is -0.760. The van der Waals surface area contributed by atoms with Gasteiger partial charge in [0, 0.05) is 14.8 Å². The third-order valence-corrected chi connectivity index (χ3v) is 5.17. The first-order chi connectivity index (χ1) is 10.8. The van der Waals surface area contributed by atoms with Gasteiger partial charge in [-0.25, -0.2) is 4.98 Å². The average Bonchev–Trinajstić information content (AvgIpc) is 2.53. The fourth-order valence-electron chi connectivity index (χ4n) is 1.80. The van der Waals surface area contributed by atoms with Gasteiger partial charge in [-0.1, -0.05) is 34.8 Å². The number of halogens is 4. The Morgan fingerprint density at radius 1 is 1.17 bits per heavy atom. The molecule has 0 saturated carbocycles. The molecule has 1 heterocycles. The number of anilines is 1. The lowest BCUT2D eigenvalue weighted by Crippen LogP contribution is -2.21. The second-order valence-corrected chi connectivity index (χ2v) is 7.10. The van der Waals surface area contributed by atoms with E-state index >= 15 is 0 Å². The third kappa shape index (κ3) is 4.41. The number of carbonyl (C=O) groups is 1. The molecule has 122 valence electrons. The molecule has 2 aromatic rings. The summed E-state index contributed by atoms with van der Waals surface area (Å²) in [6.07, 6.45) is 1.65. The van der Waals surface area contributed by atoms with Crippen LogP contribution in [0, 0.1) is 17.4 Å². The monoisotopic (exact) mass is 484 g/mol. The first kappa shape index (κ1) is 18.6. The zero-order chi connectivity index (χ0) is 17.1. The van der Waals surface area contributed by atoms with Crippen molar-refractivity contribution in [1.29, 1.82) is 0 Å². The van der Waals surface area contributed by atoms with Gasteiger partial charge < -0.3 is 10.1 Å². The summed E-state index contributed by atoms with van der Waals surface area (Å²) < 4.78 is 6.45. The molecular weight excluding hydrogens is 473 g/mol. The van der Waals surface area contributed by atoms with E-state index in [1.165, 1.54) is 0 Å². The number of nitrogens with zero attached hydrogens (tertiary/aromatic N) is 1. The van der Waals surface area contributed by atoms with Crippen LogP contribution in [0.3, 0.4) is 0 Å². The number of pyridine rings is 1. The second-order valence-electron chi connectivity index (χ2n) is 4.72. The van der Waals surface area contributed by atoms with E-state index in [1.807, 2.05) is 6.07 Å². The number of benzene rings is 1. The van der Waals surface area contributed by atoms with Crippen LogP contribution in [-0.4, -0.2) is 17.5 Å². The third-order valence-electron chi connectivity index (χ3n) is 3.06. The van der Waals surface area contributed by atoms with Crippen LogP contribution < -0.4 is 10.1 Å². The molecule has 1 amide bonds. The molecule has 0 radical (unpaired) electrons. The van der Waals surface area contributed by atoms with Crippen LogP contribution in [0.25, 0.3) is 0 Å². The summed E-state index contributed by atoms with van der Waals surface area (Å²) >= 11 is 20.7. The van der Waals surface area contributed by atoms with Gasteiger partial charge in [0.1, 0.15) is 5.82 Å². The molecule has 0 atom stereocenters. The number of aromatic nitrogens is 1. The minimum atomic E-state index is -0.365. The number of carbonyl (C=O) groups excluding carboxylic acids is 1. The molecule has 0 fully saturated rings. The molecule has 0 saturated heterocycles. The zero-order valence-electron chi connectivity index (χ0n) is 12.2. The van der Waals surface area contributed by atoms with Crippen molar-refractivity contribution in [2.75, 3.05) is 11.9 Å². The van der Waals surface area contributed by atoms with Gasteiger partial charge in [-0.3, -0.25) is 4.79 Å². The lowest BCUT2D eigenvalue weighted by molar-refractivity contribution is -0.118. The maximum Gasteiger partial charge on any atom is 0.263 e. The summed E-state index contributed by atoms with van der Waals surface area (Å²) in [6.45, 7) is 3.28. The molecule has 2 rings (SSSR count). The van der Waals surface area contributed by atoms with E-state index in [2.05, 4.69) is 32.9 Å². The Labute approximate surface area is 162 Å². The summed E-state index contributed by atoms with van der Waals surface area (Å²) in [6, 6.07) is 3.54. The van der Waals surface area contributed by atoms with Crippen LogP contribution in [0.15, 0.2) is 18.3 Å². The van der Waals surface area contributed by atoms with Crippen molar-refractivity contribution in [3.05, 3.63) is 48.1 Å². The molecule has 1 N–H and O–H groups in total. The number of ether oxygens (including phenoxy) is 1. The number of rotatable bonds is 4. The van der Waals surface area contributed by atoms with Crippen molar-refractivity contribution in [2.45, 2.75) is 13.8 Å². The highest BCUT2D eigenvalue weighted by Gasteiger charge is 2.18. The standard InChI is InChI=1S/C15H12Cl3IN2O2/c1-7-12(16)8(2)14(18)15(13(7)17)23-6-11(22)21-10-4-3-9(19)5-20-10/h3-5H,6H2,1-2H3,(H,20,21,22). The van der Waals surface area contributed by atoms with E-state index in [9.17, 15) is 4.79 Å². The Bertz CT molecular complexity index is 722. The highest BCUT2D eigenvalue weighted by molar-refractivity contribution is 14.1. The molecule has 4 nitrogen and oxygen atoms in total. The summed E-state index contributed by atoms with van der Waals surface area (Å²) in [7, 11) is 0. The minimum absolute atomic E-state index is 0.242. The van der Waals surface area contributed by atoms with Gasteiger partial charge in [-0.15, -0.1) is 0 Å². The highest BCUT2D eigenvalue weighted by atomic mass is 127. The first-order valence-corrected chi connectivity index (χ1v) is 8.70. The maximum absolute atomic E-state index is 11.9. The van der Waals surface area contributed by atoms with Crippen LogP contribution >= 0.6 is 57.4 Å². The van der Waals surface area contributed by atoms with Gasteiger partial charge in [0.25, 0.3) is 5.91 Å². The van der Waals surface area contributed by atoms with Gasteiger partial charge in [0.15, 0.2) is 12.4 Å². The average molecular weight is 486 g/mol. The number of amides is 1. The summed E-state index contributed by atoms with van der Waals surface area (Å²) in [5.74, 6) is 0.328. The van der Waals surface area contributed by atoms with Crippen molar-refractivity contribution in [2.24, 2.45) is 0 Å². The smallest absolute Gasteiger partial charge is 0.263 e. The molecular formula is C15H12Cl3IN2O2. The fraction of sp³-hybridized carbons (Fsp3) is 0.200. The molecule has 0 aliphatic rings. The van der Waals surface area contributed by atoms with Crippen molar-refractivity contribution in [3.63, 3.8) is 0 Å². The Morgan fingerprint density at radius 3 is 2.30 bits per heavy atom. The molecule has 0 spiro atoms. The number of hydrogen-bond acceptors (Lipinski definition) is 3. The van der Waals surface area contributed by atoms with E-state index in [0.29, 0.717) is 32.0 Å². The quantitative estimate of drug-likeness (QED) is 0.600. The largest absolute Gasteiger partial charge is 0.481 e. The van der Waals surface area contributed by atoms with Crippen molar-refractivity contribution >= 4 is 69.1 Å². The molecule has 23 heavy (non-hydrogen) atoms. The van der Waals surface area contributed by atoms with Crippen LogP contribution in [0.1, 0.15) is 11.1 Å². The van der Waals surface area contributed by atoms with E-state index < -0.39 is 0 Å². The van der Waals surface area contributed by atoms with Crippen molar-refractivity contribution < 1.29 is 9.53 Å². The number of nitrogens with one attached hydrogen (secondary N) is 1. The van der Waals surface area contributed by atoms with Crippen LogP contribution in [-0.2, 0) is 4.79 Å². The van der Waals surface area contributed by atoms with Gasteiger partial charge in [-0.2, -0.15) is 0 Å². The van der Waals surface area contributed by atoms with Gasteiger partial charge in [0.05, 0.1) is 10.0 Å². The van der Waals surface area contributed by atoms with E-state index in [-0.39, 0.29) is 18.3 Å². The molecule has 0 aliphatic heterocycles. The Kier molecular flexibility index (Phi) is 6.36. The Balaban J connectivity index is 2.09. The molecule has 0 bridgehead atoms. The van der Waals surface area contributed by atoms with E-state index in [4.69, 9.17) is 39.5 Å². The van der Waals surface area contributed by atoms with Crippen LogP contribution in [0.4, 0.5) is 5.82 Å². The van der Waals surface area contributed by atoms with Crippen LogP contribution in [0.2, 0.25) is 15.1 Å². The topological polar surface area (TPSA) is 51.2 Å². The predicted octanol–water partition coefficient (Wildman–Crippen LogP) is 5.28. The van der Waals surface area contributed by atoms with Crippen molar-refractivity contribution in [3.8, 4) is 5.75 Å². The molecule has 0 aliphatic carbocycles. The van der Waals surface area contributed by atoms with Gasteiger partial charge in [0.2, 0.25) is 0 Å². The second kappa shape index (κ2) is 7.88. The van der Waals surface area contributed by atoms with Gasteiger partial charge in [-0.05, 0) is 59.7 Å². The molecule has 8 heteroatoms. The maximum atomic E-state index is 11.9. The normalized spacial score (nSPS) is 10.5. The lowest BCUT2D eigenvalue weighted by Gasteiger charge is -2.15. The van der Waals surface area contributed by atoms with Crippen LogP contribution in [0.5, 0.6) is 5.75 Å². The van der Waals surface area contributed by atoms with E-state index in [1.54, 1.807) is 26.1 Å². The van der Waals surface area contributed by atoms with Gasteiger partial charge >= 0.3 is 0 Å². The molecule has 1 aromatic heterocycles. The SMILES string of the molecule is Cc1c(Cl)c(C)c(Cl)c(OCC(=O)Nc2ccc(I)cn2)c1Cl. The minimum Gasteiger partial charge on any atom is -0.481 e. The lowest BCUT2D eigenvalue weighted by atomic mass is 10.1. The fourth-order valence-corrected chi connectivity index (χ4v) is 2.94. The zero-order valence-corrected chi connectivity index (χ0v) is 16.6. The van der Waals surface area contributed by atoms with E-state index in [0.717, 1.165) is 3.57 Å². The predicted molar refractivity (Wildman–Crippen MR) is 102 cm³/mol. The first-order valence-electron chi connectivity index (χ1n) is 6.49. The van der Waals surface area contributed by atoms with Crippen molar-refractivity contribution in [1.82, 2.24) is 4.98 Å². The number of hydrogen-bond donors (Lipinski definition) is 1. The summed E-state index contributed by atoms with van der Waals surface area (Å²) in [5, 5.41) is 3.71. The summed E-state index contributed by atoms with van der Waals surface area (Å²) in [4.78, 5) is 16.0. The summed E-state index contributed by atoms with van der Waals surface area (Å²) in [5.41, 5.74) is 1.31. The Morgan fingerprint density at radius 2 is 1.78 bits per heavy atom. The molecule has 0 unspecified atom stereocenters. The highest BCUT2D eigenvalue weighted by Crippen LogP contribution is 2.42.